The Bertz CT molecular complexity index is 333. The van der Waals surface area contributed by atoms with Gasteiger partial charge in [0.15, 0.2) is 0 Å². The maximum atomic E-state index is 4.60. The SMILES string of the molecule is CCC1CCCc2nc(C)cnc2CC1. The van der Waals surface area contributed by atoms with Crippen molar-refractivity contribution >= 4 is 0 Å². The molecule has 0 radical (unpaired) electrons. The maximum absolute atomic E-state index is 4.60. The van der Waals surface area contributed by atoms with Crippen LogP contribution in [0.2, 0.25) is 0 Å². The van der Waals surface area contributed by atoms with Crippen LogP contribution >= 0.6 is 0 Å². The summed E-state index contributed by atoms with van der Waals surface area (Å²) in [5.41, 5.74) is 3.56. The number of fused-ring (bicyclic) bond motifs is 1. The van der Waals surface area contributed by atoms with Crippen LogP contribution in [-0.4, -0.2) is 9.97 Å². The highest BCUT2D eigenvalue weighted by molar-refractivity contribution is 5.14. The molecule has 0 amide bonds. The van der Waals surface area contributed by atoms with Gasteiger partial charge >= 0.3 is 0 Å². The van der Waals surface area contributed by atoms with Gasteiger partial charge in [0.2, 0.25) is 0 Å². The van der Waals surface area contributed by atoms with E-state index in [9.17, 15) is 0 Å². The van der Waals surface area contributed by atoms with Crippen LogP contribution in [0.5, 0.6) is 0 Å². The monoisotopic (exact) mass is 204 g/mol. The lowest BCUT2D eigenvalue weighted by Gasteiger charge is -2.19. The highest BCUT2D eigenvalue weighted by Gasteiger charge is 2.14. The average molecular weight is 204 g/mol. The molecule has 1 atom stereocenters. The third-order valence-electron chi connectivity index (χ3n) is 3.44. The standard InChI is InChI=1S/C13H20N2/c1-3-11-5-4-6-13-12(8-7-11)14-9-10(2)15-13/h9,11H,3-8H2,1-2H3. The molecule has 82 valence electrons. The molecule has 0 N–H and O–H groups in total. The van der Waals surface area contributed by atoms with Gasteiger partial charge in [-0.15, -0.1) is 0 Å². The number of aryl methyl sites for hydroxylation is 3. The molecule has 1 aromatic rings. The van der Waals surface area contributed by atoms with Crippen LogP contribution < -0.4 is 0 Å². The second-order valence-corrected chi connectivity index (χ2v) is 4.61. The van der Waals surface area contributed by atoms with Gasteiger partial charge in [0.05, 0.1) is 17.1 Å². The summed E-state index contributed by atoms with van der Waals surface area (Å²) in [7, 11) is 0. The van der Waals surface area contributed by atoms with Gasteiger partial charge in [0, 0.05) is 6.20 Å². The van der Waals surface area contributed by atoms with Crippen LogP contribution in [0, 0.1) is 12.8 Å². The van der Waals surface area contributed by atoms with E-state index < -0.39 is 0 Å². The molecule has 0 spiro atoms. The molecule has 1 unspecified atom stereocenters. The van der Waals surface area contributed by atoms with Crippen molar-refractivity contribution in [2.24, 2.45) is 5.92 Å². The average Bonchev–Trinajstić information content (AvgIpc) is 2.21. The highest BCUT2D eigenvalue weighted by atomic mass is 14.8. The Balaban J connectivity index is 2.17. The molecule has 2 rings (SSSR count). The summed E-state index contributed by atoms with van der Waals surface area (Å²) >= 11 is 0. The predicted molar refractivity (Wildman–Crippen MR) is 61.8 cm³/mol. The first-order valence-electron chi connectivity index (χ1n) is 6.11. The fraction of sp³-hybridized carbons (Fsp3) is 0.692. The van der Waals surface area contributed by atoms with Gasteiger partial charge in [0.25, 0.3) is 0 Å². The first-order valence-corrected chi connectivity index (χ1v) is 6.11. The summed E-state index contributed by atoms with van der Waals surface area (Å²) in [4.78, 5) is 9.13. The van der Waals surface area contributed by atoms with Crippen LogP contribution in [0.25, 0.3) is 0 Å². The number of hydrogen-bond acceptors (Lipinski definition) is 2. The molecule has 2 nitrogen and oxygen atoms in total. The zero-order valence-corrected chi connectivity index (χ0v) is 9.79. The van der Waals surface area contributed by atoms with Crippen molar-refractivity contribution in [3.63, 3.8) is 0 Å². The van der Waals surface area contributed by atoms with Gasteiger partial charge in [-0.3, -0.25) is 9.97 Å². The normalized spacial score (nSPS) is 21.6. The fourth-order valence-corrected chi connectivity index (χ4v) is 2.41. The summed E-state index contributed by atoms with van der Waals surface area (Å²) in [6.07, 6.45) is 9.41. The molecule has 1 aliphatic rings. The molecule has 0 saturated heterocycles. The number of nitrogens with zero attached hydrogens (tertiary/aromatic N) is 2. The molecule has 15 heavy (non-hydrogen) atoms. The predicted octanol–water partition coefficient (Wildman–Crippen LogP) is 3.08. The Kier molecular flexibility index (Phi) is 3.34. The fourth-order valence-electron chi connectivity index (χ4n) is 2.41. The Morgan fingerprint density at radius 1 is 1.27 bits per heavy atom. The topological polar surface area (TPSA) is 25.8 Å². The van der Waals surface area contributed by atoms with Gasteiger partial charge in [-0.2, -0.15) is 0 Å². The van der Waals surface area contributed by atoms with Crippen molar-refractivity contribution in [3.8, 4) is 0 Å². The largest absolute Gasteiger partial charge is 0.258 e. The molecular formula is C13H20N2. The number of hydrogen-bond donors (Lipinski definition) is 0. The van der Waals surface area contributed by atoms with Crippen LogP contribution in [0.3, 0.4) is 0 Å². The minimum Gasteiger partial charge on any atom is -0.258 e. The molecule has 2 heteroatoms. The summed E-state index contributed by atoms with van der Waals surface area (Å²) < 4.78 is 0. The van der Waals surface area contributed by atoms with E-state index in [0.717, 1.165) is 24.5 Å². The van der Waals surface area contributed by atoms with E-state index in [1.807, 2.05) is 13.1 Å². The molecule has 0 fully saturated rings. The highest BCUT2D eigenvalue weighted by Crippen LogP contribution is 2.23. The maximum Gasteiger partial charge on any atom is 0.0621 e. The quantitative estimate of drug-likeness (QED) is 0.702. The van der Waals surface area contributed by atoms with E-state index in [-0.39, 0.29) is 0 Å². The molecule has 0 bridgehead atoms. The van der Waals surface area contributed by atoms with Crippen LogP contribution in [0.4, 0.5) is 0 Å². The van der Waals surface area contributed by atoms with E-state index in [0.29, 0.717) is 0 Å². The van der Waals surface area contributed by atoms with Gasteiger partial charge < -0.3 is 0 Å². The smallest absolute Gasteiger partial charge is 0.0621 e. The summed E-state index contributed by atoms with van der Waals surface area (Å²) in [6.45, 7) is 4.33. The molecule has 0 aliphatic heterocycles. The van der Waals surface area contributed by atoms with E-state index >= 15 is 0 Å². The van der Waals surface area contributed by atoms with Crippen molar-refractivity contribution in [3.05, 3.63) is 23.3 Å². The van der Waals surface area contributed by atoms with E-state index in [4.69, 9.17) is 0 Å². The zero-order chi connectivity index (χ0) is 10.7. The number of aromatic nitrogens is 2. The Hall–Kier alpha value is -0.920. The van der Waals surface area contributed by atoms with E-state index in [2.05, 4.69) is 16.9 Å². The second-order valence-electron chi connectivity index (χ2n) is 4.61. The Morgan fingerprint density at radius 3 is 2.93 bits per heavy atom. The molecule has 1 heterocycles. The minimum absolute atomic E-state index is 0.904. The first-order chi connectivity index (χ1) is 7.29. The molecular weight excluding hydrogens is 184 g/mol. The minimum atomic E-state index is 0.904. The van der Waals surface area contributed by atoms with Gasteiger partial charge in [-0.25, -0.2) is 0 Å². The van der Waals surface area contributed by atoms with Crippen LogP contribution in [0.1, 0.15) is 49.7 Å². The third-order valence-corrected chi connectivity index (χ3v) is 3.44. The molecule has 0 saturated carbocycles. The summed E-state index contributed by atoms with van der Waals surface area (Å²) in [5, 5.41) is 0. The molecule has 1 aromatic heterocycles. The molecule has 1 aliphatic carbocycles. The molecule has 0 aromatic carbocycles. The lowest BCUT2D eigenvalue weighted by Crippen LogP contribution is -2.11. The lowest BCUT2D eigenvalue weighted by molar-refractivity contribution is 0.410. The second kappa shape index (κ2) is 4.73. The van der Waals surface area contributed by atoms with E-state index in [1.165, 1.54) is 37.1 Å². The van der Waals surface area contributed by atoms with Gasteiger partial charge in [0.1, 0.15) is 0 Å². The van der Waals surface area contributed by atoms with Crippen molar-refractivity contribution in [2.45, 2.75) is 52.4 Å². The van der Waals surface area contributed by atoms with Crippen molar-refractivity contribution in [1.82, 2.24) is 9.97 Å². The summed E-state index contributed by atoms with van der Waals surface area (Å²) in [5.74, 6) is 0.904. The number of rotatable bonds is 1. The van der Waals surface area contributed by atoms with Gasteiger partial charge in [-0.1, -0.05) is 19.8 Å². The first kappa shape index (κ1) is 10.6. The lowest BCUT2D eigenvalue weighted by atomic mass is 9.89. The van der Waals surface area contributed by atoms with Crippen molar-refractivity contribution in [1.29, 1.82) is 0 Å². The van der Waals surface area contributed by atoms with Crippen molar-refractivity contribution < 1.29 is 0 Å². The van der Waals surface area contributed by atoms with Crippen LogP contribution in [0.15, 0.2) is 6.20 Å². The van der Waals surface area contributed by atoms with E-state index in [1.54, 1.807) is 0 Å². The zero-order valence-electron chi connectivity index (χ0n) is 9.79. The Morgan fingerprint density at radius 2 is 2.13 bits per heavy atom. The summed E-state index contributed by atoms with van der Waals surface area (Å²) in [6, 6.07) is 0. The van der Waals surface area contributed by atoms with Crippen LogP contribution in [-0.2, 0) is 12.8 Å². The van der Waals surface area contributed by atoms with Crippen molar-refractivity contribution in [2.75, 3.05) is 0 Å². The Labute approximate surface area is 92.1 Å². The third kappa shape index (κ3) is 2.55. The van der Waals surface area contributed by atoms with Gasteiger partial charge in [-0.05, 0) is 38.5 Å².